The predicted molar refractivity (Wildman–Crippen MR) is 75.0 cm³/mol. The minimum Gasteiger partial charge on any atom is -0.417 e. The molecule has 1 heterocycles. The summed E-state index contributed by atoms with van der Waals surface area (Å²) >= 11 is 13.5. The minimum atomic E-state index is -0.597. The van der Waals surface area contributed by atoms with Crippen LogP contribution in [0.2, 0.25) is 10.0 Å². The summed E-state index contributed by atoms with van der Waals surface area (Å²) in [6, 6.07) is 4.53. The van der Waals surface area contributed by atoms with Gasteiger partial charge in [-0.1, -0.05) is 35.0 Å². The summed E-state index contributed by atoms with van der Waals surface area (Å²) in [5, 5.41) is 0.0995. The summed E-state index contributed by atoms with van der Waals surface area (Å²) in [5.74, 6) is 0.227. The maximum atomic E-state index is 11.6. The quantitative estimate of drug-likeness (QED) is 0.735. The highest BCUT2D eigenvalue weighted by molar-refractivity contribution is 8.45. The fraction of sp³-hybridized carbons (Fsp3) is 0.100. The minimum absolute atomic E-state index is 0.216. The Balaban J connectivity index is 1.99. The number of thioether (sulfide) groups is 2. The monoisotopic (exact) mass is 321 g/mol. The third-order valence-electron chi connectivity index (χ3n) is 1.79. The Morgan fingerprint density at radius 2 is 2.22 bits per heavy atom. The molecule has 0 unspecified atom stereocenters. The zero-order chi connectivity index (χ0) is 13.1. The molecule has 0 bridgehead atoms. The van der Waals surface area contributed by atoms with Crippen LogP contribution in [-0.4, -0.2) is 21.3 Å². The Hall–Kier alpha value is -0.690. The van der Waals surface area contributed by atoms with Gasteiger partial charge in [0.1, 0.15) is 10.1 Å². The molecule has 0 saturated carbocycles. The van der Waals surface area contributed by atoms with E-state index in [1.807, 2.05) is 0 Å². The lowest BCUT2D eigenvalue weighted by Gasteiger charge is -2.05. The van der Waals surface area contributed by atoms with E-state index < -0.39 is 5.30 Å². The second-order valence-electron chi connectivity index (χ2n) is 3.09. The average molecular weight is 322 g/mol. The summed E-state index contributed by atoms with van der Waals surface area (Å²) in [7, 11) is 0. The Morgan fingerprint density at radius 1 is 1.44 bits per heavy atom. The third-order valence-corrected chi connectivity index (χ3v) is 4.17. The number of hydrogen-bond acceptors (Lipinski definition) is 5. The lowest BCUT2D eigenvalue weighted by molar-refractivity contribution is -0.115. The average Bonchev–Trinajstić information content (AvgIpc) is 2.68. The van der Waals surface area contributed by atoms with E-state index in [-0.39, 0.29) is 22.4 Å². The van der Waals surface area contributed by atoms with E-state index in [1.165, 1.54) is 23.9 Å². The second-order valence-corrected chi connectivity index (χ2v) is 6.08. The number of benzene rings is 1. The van der Waals surface area contributed by atoms with Gasteiger partial charge < -0.3 is 4.74 Å². The molecule has 4 nitrogen and oxygen atoms in total. The summed E-state index contributed by atoms with van der Waals surface area (Å²) < 4.78 is 5.41. The number of halogens is 2. The summed E-state index contributed by atoms with van der Waals surface area (Å²) in [5.41, 5.74) is 0. The molecule has 0 saturated heterocycles. The van der Waals surface area contributed by atoms with E-state index in [9.17, 15) is 9.59 Å². The number of carbonyl (C=O) groups is 2. The van der Waals surface area contributed by atoms with Crippen molar-refractivity contribution in [3.05, 3.63) is 28.2 Å². The summed E-state index contributed by atoms with van der Waals surface area (Å²) in [4.78, 5) is 26.1. The van der Waals surface area contributed by atoms with Gasteiger partial charge in [-0.15, -0.1) is 0 Å². The molecule has 0 atom stereocenters. The number of amides is 1. The first-order valence-electron chi connectivity index (χ1n) is 4.63. The molecule has 1 amide bonds. The van der Waals surface area contributed by atoms with Crippen molar-refractivity contribution in [1.82, 2.24) is 0 Å². The van der Waals surface area contributed by atoms with Crippen LogP contribution in [-0.2, 0) is 4.79 Å². The zero-order valence-corrected chi connectivity index (χ0v) is 11.8. The van der Waals surface area contributed by atoms with E-state index in [0.717, 1.165) is 11.8 Å². The van der Waals surface area contributed by atoms with E-state index in [2.05, 4.69) is 4.99 Å². The highest BCUT2D eigenvalue weighted by Crippen LogP contribution is 2.30. The van der Waals surface area contributed by atoms with Gasteiger partial charge in [-0.2, -0.15) is 4.99 Å². The van der Waals surface area contributed by atoms with Gasteiger partial charge in [0.05, 0.1) is 10.8 Å². The molecule has 0 aliphatic carbocycles. The van der Waals surface area contributed by atoms with Gasteiger partial charge >= 0.3 is 5.30 Å². The van der Waals surface area contributed by atoms with Crippen molar-refractivity contribution < 1.29 is 14.3 Å². The Morgan fingerprint density at radius 3 is 2.83 bits per heavy atom. The van der Waals surface area contributed by atoms with Gasteiger partial charge in [-0.25, -0.2) is 4.79 Å². The normalized spacial score (nSPS) is 14.6. The maximum absolute atomic E-state index is 11.6. The lowest BCUT2D eigenvalue weighted by Crippen LogP contribution is -2.03. The molecule has 1 aliphatic heterocycles. The van der Waals surface area contributed by atoms with Crippen LogP contribution in [0.5, 0.6) is 5.75 Å². The van der Waals surface area contributed by atoms with Gasteiger partial charge in [0.2, 0.25) is 0 Å². The standard InChI is InChI=1S/C10H5Cl2NO3S2/c11-5-1-2-7(6(12)3-5)16-10(15)18-9-13-8(14)4-17-9/h1-3H,4H2. The van der Waals surface area contributed by atoms with Crippen LogP contribution in [0.15, 0.2) is 23.2 Å². The highest BCUT2D eigenvalue weighted by atomic mass is 35.5. The first kappa shape index (κ1) is 13.7. The molecule has 0 N–H and O–H groups in total. The number of ether oxygens (including phenoxy) is 1. The van der Waals surface area contributed by atoms with Crippen molar-refractivity contribution in [2.24, 2.45) is 4.99 Å². The van der Waals surface area contributed by atoms with Crippen LogP contribution in [0, 0.1) is 0 Å². The number of aliphatic imine (C=N–C) groups is 1. The first-order chi connectivity index (χ1) is 8.54. The SMILES string of the molecule is O=C1CSC(SC(=O)Oc2ccc(Cl)cc2Cl)=N1. The molecular weight excluding hydrogens is 317 g/mol. The summed E-state index contributed by atoms with van der Waals surface area (Å²) in [6.45, 7) is 0. The molecule has 1 aromatic rings. The van der Waals surface area contributed by atoms with Gasteiger partial charge in [0, 0.05) is 16.8 Å². The van der Waals surface area contributed by atoms with E-state index in [1.54, 1.807) is 6.07 Å². The van der Waals surface area contributed by atoms with Crippen LogP contribution in [0.3, 0.4) is 0 Å². The predicted octanol–water partition coefficient (Wildman–Crippen LogP) is 3.85. The van der Waals surface area contributed by atoms with Crippen molar-refractivity contribution in [2.75, 3.05) is 5.75 Å². The largest absolute Gasteiger partial charge is 0.417 e. The number of rotatable bonds is 1. The van der Waals surface area contributed by atoms with Gasteiger partial charge in [0.25, 0.3) is 5.91 Å². The molecule has 2 rings (SSSR count). The molecule has 1 aromatic carbocycles. The van der Waals surface area contributed by atoms with Crippen LogP contribution < -0.4 is 4.74 Å². The third kappa shape index (κ3) is 3.65. The van der Waals surface area contributed by atoms with Crippen LogP contribution in [0.4, 0.5) is 4.79 Å². The summed E-state index contributed by atoms with van der Waals surface area (Å²) in [6.07, 6.45) is 0. The molecule has 0 spiro atoms. The second kappa shape index (κ2) is 5.97. The molecule has 0 aromatic heterocycles. The molecule has 8 heteroatoms. The van der Waals surface area contributed by atoms with Crippen molar-refractivity contribution in [3.8, 4) is 5.75 Å². The van der Waals surface area contributed by atoms with Crippen LogP contribution >= 0.6 is 46.7 Å². The number of carbonyl (C=O) groups excluding carboxylic acids is 2. The Bertz CT molecular complexity index is 548. The van der Waals surface area contributed by atoms with Crippen LogP contribution in [0.25, 0.3) is 0 Å². The topological polar surface area (TPSA) is 55.7 Å². The maximum Gasteiger partial charge on any atom is 0.379 e. The smallest absolute Gasteiger partial charge is 0.379 e. The fourth-order valence-corrected chi connectivity index (χ4v) is 3.05. The Labute approximate surface area is 121 Å². The van der Waals surface area contributed by atoms with Crippen molar-refractivity contribution in [1.29, 1.82) is 0 Å². The van der Waals surface area contributed by atoms with Crippen molar-refractivity contribution >= 4 is 62.3 Å². The molecular formula is C10H5Cl2NO3S2. The van der Waals surface area contributed by atoms with Gasteiger partial charge in [-0.3, -0.25) is 4.79 Å². The van der Waals surface area contributed by atoms with Gasteiger partial charge in [0.15, 0.2) is 0 Å². The Kier molecular flexibility index (Phi) is 4.55. The lowest BCUT2D eigenvalue weighted by atomic mass is 10.3. The molecule has 1 aliphatic rings. The van der Waals surface area contributed by atoms with E-state index in [4.69, 9.17) is 27.9 Å². The van der Waals surface area contributed by atoms with E-state index >= 15 is 0 Å². The molecule has 0 radical (unpaired) electrons. The van der Waals surface area contributed by atoms with Crippen molar-refractivity contribution in [3.63, 3.8) is 0 Å². The number of nitrogens with zero attached hydrogens (tertiary/aromatic N) is 1. The fourth-order valence-electron chi connectivity index (χ4n) is 1.08. The molecule has 0 fully saturated rings. The van der Waals surface area contributed by atoms with Crippen LogP contribution in [0.1, 0.15) is 0 Å². The molecule has 18 heavy (non-hydrogen) atoms. The zero-order valence-electron chi connectivity index (χ0n) is 8.68. The molecule has 94 valence electrons. The highest BCUT2D eigenvalue weighted by Gasteiger charge is 2.20. The number of hydrogen-bond donors (Lipinski definition) is 0. The van der Waals surface area contributed by atoms with Crippen molar-refractivity contribution in [2.45, 2.75) is 0 Å². The first-order valence-corrected chi connectivity index (χ1v) is 7.19. The van der Waals surface area contributed by atoms with E-state index in [0.29, 0.717) is 9.40 Å². The van der Waals surface area contributed by atoms with Gasteiger partial charge in [-0.05, 0) is 18.2 Å².